The van der Waals surface area contributed by atoms with Crippen LogP contribution < -0.4 is 0 Å². The number of morpholine rings is 1. The van der Waals surface area contributed by atoms with Crippen molar-refractivity contribution >= 4 is 0 Å². The number of rotatable bonds is 4. The summed E-state index contributed by atoms with van der Waals surface area (Å²) >= 11 is 0. The van der Waals surface area contributed by atoms with E-state index in [-0.39, 0.29) is 6.10 Å². The third-order valence-corrected chi connectivity index (χ3v) is 3.28. The van der Waals surface area contributed by atoms with Crippen molar-refractivity contribution in [2.24, 2.45) is 0 Å². The average Bonchev–Trinajstić information content (AvgIpc) is 2.93. The maximum absolute atomic E-state index is 5.80. The topological polar surface area (TPSA) is 43.2 Å². The van der Waals surface area contributed by atoms with Crippen molar-refractivity contribution in [2.75, 3.05) is 19.7 Å². The molecule has 0 bridgehead atoms. The first-order valence-electron chi connectivity index (χ1n) is 6.61. The van der Waals surface area contributed by atoms with Crippen molar-refractivity contribution in [1.82, 2.24) is 19.7 Å². The van der Waals surface area contributed by atoms with Crippen LogP contribution in [0.25, 0.3) is 0 Å². The van der Waals surface area contributed by atoms with Crippen molar-refractivity contribution in [3.05, 3.63) is 48.5 Å². The molecule has 0 N–H and O–H groups in total. The number of hydrogen-bond acceptors (Lipinski definition) is 4. The molecule has 3 heterocycles. The van der Waals surface area contributed by atoms with Crippen LogP contribution in [-0.2, 0) is 17.8 Å². The van der Waals surface area contributed by atoms with E-state index in [2.05, 4.69) is 21.0 Å². The molecule has 0 amide bonds. The summed E-state index contributed by atoms with van der Waals surface area (Å²) in [6, 6.07) is 7.99. The Bertz CT molecular complexity index is 485. The molecular formula is C14H18N4O. The molecule has 5 heteroatoms. The summed E-state index contributed by atoms with van der Waals surface area (Å²) in [6.07, 6.45) is 5.82. The maximum atomic E-state index is 5.80. The summed E-state index contributed by atoms with van der Waals surface area (Å²) in [5.41, 5.74) is 1.11. The monoisotopic (exact) mass is 258 g/mol. The van der Waals surface area contributed by atoms with Gasteiger partial charge < -0.3 is 4.74 Å². The Morgan fingerprint density at radius 1 is 1.26 bits per heavy atom. The van der Waals surface area contributed by atoms with E-state index in [0.29, 0.717) is 0 Å². The van der Waals surface area contributed by atoms with Gasteiger partial charge in [0.25, 0.3) is 0 Å². The van der Waals surface area contributed by atoms with E-state index in [0.717, 1.165) is 38.5 Å². The maximum Gasteiger partial charge on any atom is 0.0898 e. The highest BCUT2D eigenvalue weighted by atomic mass is 16.5. The fourth-order valence-corrected chi connectivity index (χ4v) is 2.37. The second-order valence-electron chi connectivity index (χ2n) is 4.78. The van der Waals surface area contributed by atoms with Crippen LogP contribution in [0, 0.1) is 0 Å². The van der Waals surface area contributed by atoms with Gasteiger partial charge >= 0.3 is 0 Å². The Morgan fingerprint density at radius 2 is 2.26 bits per heavy atom. The van der Waals surface area contributed by atoms with Crippen molar-refractivity contribution in [2.45, 2.75) is 19.2 Å². The van der Waals surface area contributed by atoms with E-state index in [4.69, 9.17) is 4.74 Å². The predicted molar refractivity (Wildman–Crippen MR) is 71.5 cm³/mol. The van der Waals surface area contributed by atoms with Crippen LogP contribution in [0.4, 0.5) is 0 Å². The third-order valence-electron chi connectivity index (χ3n) is 3.28. The molecule has 1 aliphatic rings. The van der Waals surface area contributed by atoms with E-state index in [1.807, 2.05) is 35.3 Å². The van der Waals surface area contributed by atoms with Gasteiger partial charge in [0, 0.05) is 38.2 Å². The van der Waals surface area contributed by atoms with Crippen LogP contribution in [0.5, 0.6) is 0 Å². The Labute approximate surface area is 112 Å². The largest absolute Gasteiger partial charge is 0.374 e. The molecule has 1 atom stereocenters. The summed E-state index contributed by atoms with van der Waals surface area (Å²) in [6.45, 7) is 4.37. The molecule has 0 saturated carbocycles. The van der Waals surface area contributed by atoms with E-state index >= 15 is 0 Å². The SMILES string of the molecule is c1ccc(CN2CCOC(Cn3cccn3)C2)nc1. The molecular weight excluding hydrogens is 240 g/mol. The molecule has 2 aromatic heterocycles. The van der Waals surface area contributed by atoms with Crippen LogP contribution >= 0.6 is 0 Å². The molecule has 1 aliphatic heterocycles. The zero-order valence-electron chi connectivity index (χ0n) is 10.9. The number of pyridine rings is 1. The Kier molecular flexibility index (Phi) is 3.86. The Balaban J connectivity index is 1.56. The first-order valence-corrected chi connectivity index (χ1v) is 6.61. The molecule has 19 heavy (non-hydrogen) atoms. The second kappa shape index (κ2) is 5.95. The van der Waals surface area contributed by atoms with Gasteiger partial charge in [0.1, 0.15) is 0 Å². The molecule has 100 valence electrons. The molecule has 0 radical (unpaired) electrons. The summed E-state index contributed by atoms with van der Waals surface area (Å²) < 4.78 is 7.72. The van der Waals surface area contributed by atoms with Gasteiger partial charge in [-0.2, -0.15) is 5.10 Å². The van der Waals surface area contributed by atoms with E-state index < -0.39 is 0 Å². The molecule has 1 saturated heterocycles. The predicted octanol–water partition coefficient (Wildman–Crippen LogP) is 1.18. The van der Waals surface area contributed by atoms with Crippen molar-refractivity contribution in [1.29, 1.82) is 0 Å². The molecule has 5 nitrogen and oxygen atoms in total. The molecule has 0 aromatic carbocycles. The lowest BCUT2D eigenvalue weighted by Crippen LogP contribution is -2.43. The van der Waals surface area contributed by atoms with Gasteiger partial charge in [0.05, 0.1) is 24.9 Å². The van der Waals surface area contributed by atoms with Crippen molar-refractivity contribution in [3.8, 4) is 0 Å². The first-order chi connectivity index (χ1) is 9.40. The van der Waals surface area contributed by atoms with Crippen LogP contribution in [0.1, 0.15) is 5.69 Å². The lowest BCUT2D eigenvalue weighted by Gasteiger charge is -2.32. The lowest BCUT2D eigenvalue weighted by atomic mass is 10.2. The van der Waals surface area contributed by atoms with E-state index in [9.17, 15) is 0 Å². The van der Waals surface area contributed by atoms with Crippen LogP contribution in [0.3, 0.4) is 0 Å². The molecule has 1 unspecified atom stereocenters. The molecule has 1 fully saturated rings. The van der Waals surface area contributed by atoms with Gasteiger partial charge in [0.2, 0.25) is 0 Å². The quantitative estimate of drug-likeness (QED) is 0.826. The van der Waals surface area contributed by atoms with Crippen LogP contribution in [-0.4, -0.2) is 45.5 Å². The molecule has 0 spiro atoms. The Morgan fingerprint density at radius 3 is 3.05 bits per heavy atom. The van der Waals surface area contributed by atoms with Gasteiger partial charge in [-0.3, -0.25) is 14.6 Å². The highest BCUT2D eigenvalue weighted by Gasteiger charge is 2.21. The number of hydrogen-bond donors (Lipinski definition) is 0. The average molecular weight is 258 g/mol. The normalized spacial score (nSPS) is 20.5. The zero-order valence-corrected chi connectivity index (χ0v) is 10.9. The highest BCUT2D eigenvalue weighted by Crippen LogP contribution is 2.10. The van der Waals surface area contributed by atoms with Gasteiger partial charge in [-0.05, 0) is 18.2 Å². The molecule has 0 aliphatic carbocycles. The summed E-state index contributed by atoms with van der Waals surface area (Å²) in [5, 5.41) is 4.23. The van der Waals surface area contributed by atoms with E-state index in [1.165, 1.54) is 0 Å². The minimum Gasteiger partial charge on any atom is -0.374 e. The van der Waals surface area contributed by atoms with Crippen LogP contribution in [0.2, 0.25) is 0 Å². The Hall–Kier alpha value is -1.72. The number of ether oxygens (including phenoxy) is 1. The van der Waals surface area contributed by atoms with Gasteiger partial charge in [-0.1, -0.05) is 6.07 Å². The zero-order chi connectivity index (χ0) is 12.9. The van der Waals surface area contributed by atoms with Crippen molar-refractivity contribution < 1.29 is 4.74 Å². The first kappa shape index (κ1) is 12.3. The highest BCUT2D eigenvalue weighted by molar-refractivity contribution is 5.03. The van der Waals surface area contributed by atoms with Crippen LogP contribution in [0.15, 0.2) is 42.9 Å². The van der Waals surface area contributed by atoms with Gasteiger partial charge in [-0.15, -0.1) is 0 Å². The third kappa shape index (κ3) is 3.39. The van der Waals surface area contributed by atoms with E-state index in [1.54, 1.807) is 6.20 Å². The standard InChI is InChI=1S/C14H18N4O/c1-2-5-15-13(4-1)10-17-8-9-19-14(11-17)12-18-7-3-6-16-18/h1-7,14H,8-12H2. The minimum atomic E-state index is 0.206. The minimum absolute atomic E-state index is 0.206. The number of aromatic nitrogens is 3. The summed E-state index contributed by atoms with van der Waals surface area (Å²) in [4.78, 5) is 6.76. The summed E-state index contributed by atoms with van der Waals surface area (Å²) in [7, 11) is 0. The number of nitrogens with zero attached hydrogens (tertiary/aromatic N) is 4. The smallest absolute Gasteiger partial charge is 0.0898 e. The summed E-state index contributed by atoms with van der Waals surface area (Å²) in [5.74, 6) is 0. The van der Waals surface area contributed by atoms with Crippen molar-refractivity contribution in [3.63, 3.8) is 0 Å². The van der Waals surface area contributed by atoms with Gasteiger partial charge in [0.15, 0.2) is 0 Å². The lowest BCUT2D eigenvalue weighted by molar-refractivity contribution is -0.0405. The molecule has 3 rings (SSSR count). The molecule has 2 aromatic rings. The fourth-order valence-electron chi connectivity index (χ4n) is 2.37. The second-order valence-corrected chi connectivity index (χ2v) is 4.78. The van der Waals surface area contributed by atoms with Gasteiger partial charge in [-0.25, -0.2) is 0 Å². The fraction of sp³-hybridized carbons (Fsp3) is 0.429.